The van der Waals surface area contributed by atoms with E-state index in [9.17, 15) is 18.0 Å². The Morgan fingerprint density at radius 3 is 2.64 bits per heavy atom. The van der Waals surface area contributed by atoms with E-state index in [2.05, 4.69) is 16.2 Å². The second-order valence-corrected chi connectivity index (χ2v) is 7.23. The molecule has 0 aliphatic heterocycles. The summed E-state index contributed by atoms with van der Waals surface area (Å²) >= 11 is 12.1. The number of nitriles is 1. The monoisotopic (exact) mass is 427 g/mol. The molecule has 4 rings (SSSR count). The number of pyridine rings is 1. The first-order valence-corrected chi connectivity index (χ1v) is 8.86. The van der Waals surface area contributed by atoms with Gasteiger partial charge in [0.1, 0.15) is 10.8 Å². The molecule has 3 aromatic rings. The van der Waals surface area contributed by atoms with Crippen LogP contribution in [0.3, 0.4) is 0 Å². The highest BCUT2D eigenvalue weighted by molar-refractivity contribution is 6.31. The van der Waals surface area contributed by atoms with Crippen LogP contribution >= 0.6 is 23.2 Å². The number of aromatic nitrogens is 4. The van der Waals surface area contributed by atoms with E-state index < -0.39 is 17.4 Å². The summed E-state index contributed by atoms with van der Waals surface area (Å²) in [5.74, 6) is -0.361. The summed E-state index contributed by atoms with van der Waals surface area (Å²) in [5.41, 5.74) is -0.568. The molecule has 0 aromatic carbocycles. The molecule has 1 unspecified atom stereocenters. The number of nitrogens with zero attached hydrogens (tertiary/aromatic N) is 5. The van der Waals surface area contributed by atoms with Crippen molar-refractivity contribution in [3.8, 4) is 6.07 Å². The first-order valence-electron chi connectivity index (χ1n) is 8.10. The highest BCUT2D eigenvalue weighted by Gasteiger charge is 2.41. The van der Waals surface area contributed by atoms with Gasteiger partial charge in [0.05, 0.1) is 34.9 Å². The summed E-state index contributed by atoms with van der Waals surface area (Å²) in [4.78, 5) is 17.0. The zero-order valence-corrected chi connectivity index (χ0v) is 15.4. The summed E-state index contributed by atoms with van der Waals surface area (Å²) in [7, 11) is 0. The predicted molar refractivity (Wildman–Crippen MR) is 94.3 cm³/mol. The van der Waals surface area contributed by atoms with Gasteiger partial charge in [-0.15, -0.1) is 0 Å². The Morgan fingerprint density at radius 2 is 2.04 bits per heavy atom. The molecule has 144 valence electrons. The van der Waals surface area contributed by atoms with E-state index >= 15 is 0 Å². The number of fused-ring (bicyclic) bond motifs is 1. The fraction of sp³-hybridized carbons (Fsp3) is 0.294. The lowest BCUT2D eigenvalue weighted by atomic mass is 10.2. The molecule has 28 heavy (non-hydrogen) atoms. The zero-order chi connectivity index (χ0) is 20.2. The topological polar surface area (TPSA) is 76.0 Å². The van der Waals surface area contributed by atoms with Crippen LogP contribution in [0.1, 0.15) is 29.4 Å². The molecule has 0 bridgehead atoms. The van der Waals surface area contributed by atoms with Gasteiger partial charge in [-0.2, -0.15) is 23.5 Å². The van der Waals surface area contributed by atoms with Crippen molar-refractivity contribution in [1.82, 2.24) is 19.2 Å². The summed E-state index contributed by atoms with van der Waals surface area (Å²) in [6, 6.07) is 7.17. The molecule has 3 heterocycles. The second-order valence-electron chi connectivity index (χ2n) is 6.43. The van der Waals surface area contributed by atoms with E-state index in [-0.39, 0.29) is 34.9 Å². The normalized spacial score (nSPS) is 19.0. The summed E-state index contributed by atoms with van der Waals surface area (Å²) in [6.07, 6.45) is -4.02. The van der Waals surface area contributed by atoms with Crippen LogP contribution in [-0.4, -0.2) is 19.2 Å². The first kappa shape index (κ1) is 18.8. The number of alkyl halides is 3. The highest BCUT2D eigenvalue weighted by Crippen LogP contribution is 2.48. The van der Waals surface area contributed by atoms with Gasteiger partial charge in [0.15, 0.2) is 5.69 Å². The zero-order valence-electron chi connectivity index (χ0n) is 13.9. The third-order valence-corrected chi connectivity index (χ3v) is 5.13. The lowest BCUT2D eigenvalue weighted by Gasteiger charge is -2.11. The molecule has 2 atom stereocenters. The van der Waals surface area contributed by atoms with Gasteiger partial charge in [0.2, 0.25) is 0 Å². The van der Waals surface area contributed by atoms with E-state index in [1.165, 1.54) is 16.5 Å². The summed E-state index contributed by atoms with van der Waals surface area (Å²) in [5, 5.41) is 12.6. The fourth-order valence-electron chi connectivity index (χ4n) is 3.10. The minimum absolute atomic E-state index is 0.151. The largest absolute Gasteiger partial charge is 0.435 e. The standard InChI is InChI=1S/C17H10Cl2F3N5O/c18-11-1-2-14-24-9(7-26-13(19)5-12(25-26)17(20,21)22)4-15(28)27(14)16(11)10-3-8(10)6-23/h1-2,4-5,8,10H,3,7H2/t8?,10-/m0/s1. The quantitative estimate of drug-likeness (QED) is 0.635. The van der Waals surface area contributed by atoms with Gasteiger partial charge in [0, 0.05) is 18.1 Å². The lowest BCUT2D eigenvalue weighted by molar-refractivity contribution is -0.141. The van der Waals surface area contributed by atoms with E-state index in [1.807, 2.05) is 0 Å². The molecule has 0 saturated heterocycles. The molecular formula is C17H10Cl2F3N5O. The van der Waals surface area contributed by atoms with Crippen molar-refractivity contribution in [3.63, 3.8) is 0 Å². The van der Waals surface area contributed by atoms with Crippen molar-refractivity contribution < 1.29 is 13.2 Å². The summed E-state index contributed by atoms with van der Waals surface area (Å²) < 4.78 is 40.6. The van der Waals surface area contributed by atoms with Gasteiger partial charge in [-0.25, -0.2) is 9.67 Å². The van der Waals surface area contributed by atoms with Crippen molar-refractivity contribution in [1.29, 1.82) is 5.26 Å². The fourth-order valence-corrected chi connectivity index (χ4v) is 3.59. The molecule has 3 aromatic heterocycles. The van der Waals surface area contributed by atoms with Crippen molar-refractivity contribution in [2.24, 2.45) is 5.92 Å². The van der Waals surface area contributed by atoms with E-state index in [4.69, 9.17) is 28.5 Å². The van der Waals surface area contributed by atoms with Crippen LogP contribution in [0.4, 0.5) is 13.2 Å². The molecule has 1 aliphatic rings. The predicted octanol–water partition coefficient (Wildman–Crippen LogP) is 3.89. The van der Waals surface area contributed by atoms with Crippen molar-refractivity contribution in [3.05, 3.63) is 61.9 Å². The van der Waals surface area contributed by atoms with Crippen LogP contribution in [0.5, 0.6) is 0 Å². The maximum atomic E-state index is 12.8. The molecule has 1 fully saturated rings. The average molecular weight is 428 g/mol. The van der Waals surface area contributed by atoms with Crippen LogP contribution in [0, 0.1) is 17.2 Å². The molecule has 1 saturated carbocycles. The second kappa shape index (κ2) is 6.50. The molecular weight excluding hydrogens is 418 g/mol. The van der Waals surface area contributed by atoms with Crippen molar-refractivity contribution >= 4 is 28.8 Å². The van der Waals surface area contributed by atoms with Crippen LogP contribution in [0.15, 0.2) is 29.1 Å². The molecule has 0 spiro atoms. The maximum Gasteiger partial charge on any atom is 0.435 e. The van der Waals surface area contributed by atoms with Crippen LogP contribution in [-0.2, 0) is 12.7 Å². The van der Waals surface area contributed by atoms with Gasteiger partial charge in [-0.05, 0) is 18.6 Å². The van der Waals surface area contributed by atoms with E-state index in [1.54, 1.807) is 6.07 Å². The van der Waals surface area contributed by atoms with Crippen molar-refractivity contribution in [2.45, 2.75) is 25.1 Å². The number of hydrogen-bond acceptors (Lipinski definition) is 4. The number of hydrogen-bond donors (Lipinski definition) is 0. The highest BCUT2D eigenvalue weighted by atomic mass is 35.5. The third-order valence-electron chi connectivity index (χ3n) is 4.50. The minimum Gasteiger partial charge on any atom is -0.269 e. The smallest absolute Gasteiger partial charge is 0.269 e. The molecule has 0 N–H and O–H groups in total. The maximum absolute atomic E-state index is 12.8. The molecule has 1 aliphatic carbocycles. The van der Waals surface area contributed by atoms with E-state index in [0.29, 0.717) is 23.2 Å². The van der Waals surface area contributed by atoms with Crippen LogP contribution in [0.25, 0.3) is 5.65 Å². The lowest BCUT2D eigenvalue weighted by Crippen LogP contribution is -2.20. The Hall–Kier alpha value is -2.57. The van der Waals surface area contributed by atoms with Gasteiger partial charge in [0.25, 0.3) is 5.56 Å². The molecule has 11 heteroatoms. The first-order chi connectivity index (χ1) is 13.2. The van der Waals surface area contributed by atoms with E-state index in [0.717, 1.165) is 4.68 Å². The Bertz CT molecular complexity index is 1190. The third kappa shape index (κ3) is 3.23. The average Bonchev–Trinajstić information content (AvgIpc) is 3.30. The SMILES string of the molecule is N#CC1C[C@@H]1c1c(Cl)ccc2nc(Cn3nc(C(F)(F)F)cc3Cl)cc(=O)n12. The van der Waals surface area contributed by atoms with Gasteiger partial charge in [-0.1, -0.05) is 23.2 Å². The van der Waals surface area contributed by atoms with Gasteiger partial charge >= 0.3 is 6.18 Å². The van der Waals surface area contributed by atoms with Crippen LogP contribution in [0.2, 0.25) is 10.2 Å². The Kier molecular flexibility index (Phi) is 4.36. The van der Waals surface area contributed by atoms with Gasteiger partial charge in [-0.3, -0.25) is 9.20 Å². The summed E-state index contributed by atoms with van der Waals surface area (Å²) in [6.45, 7) is -0.205. The minimum atomic E-state index is -4.63. The Morgan fingerprint density at radius 1 is 1.29 bits per heavy atom. The Labute approximate surface area is 165 Å². The molecule has 6 nitrogen and oxygen atoms in total. The molecule has 0 amide bonds. The molecule has 0 radical (unpaired) electrons. The van der Waals surface area contributed by atoms with Crippen LogP contribution < -0.4 is 5.56 Å². The van der Waals surface area contributed by atoms with Gasteiger partial charge < -0.3 is 0 Å². The number of halogens is 5. The van der Waals surface area contributed by atoms with Crippen molar-refractivity contribution in [2.75, 3.05) is 0 Å². The number of rotatable bonds is 3. The Balaban J connectivity index is 1.76.